The summed E-state index contributed by atoms with van der Waals surface area (Å²) in [5, 5.41) is 0. The first-order valence-corrected chi connectivity index (χ1v) is 8.79. The van der Waals surface area contributed by atoms with Gasteiger partial charge in [-0.1, -0.05) is 19.9 Å². The highest BCUT2D eigenvalue weighted by atomic mass is 32.2. The van der Waals surface area contributed by atoms with E-state index in [0.29, 0.717) is 25.2 Å². The van der Waals surface area contributed by atoms with Crippen LogP contribution in [0.4, 0.5) is 0 Å². The highest BCUT2D eigenvalue weighted by Crippen LogP contribution is 2.18. The lowest BCUT2D eigenvalue weighted by Gasteiger charge is -2.31. The molecule has 0 radical (unpaired) electrons. The topological polar surface area (TPSA) is 80.5 Å². The quantitative estimate of drug-likeness (QED) is 0.864. The van der Waals surface area contributed by atoms with Crippen LogP contribution in [0.5, 0.6) is 0 Å². The Morgan fingerprint density at radius 1 is 1.33 bits per heavy atom. The third-order valence-corrected chi connectivity index (χ3v) is 4.46. The van der Waals surface area contributed by atoms with Gasteiger partial charge in [-0.25, -0.2) is 8.42 Å². The third-order valence-electron chi connectivity index (χ3n) is 3.35. The van der Waals surface area contributed by atoms with Crippen LogP contribution in [0.3, 0.4) is 0 Å². The van der Waals surface area contributed by atoms with Crippen LogP contribution in [0.15, 0.2) is 29.2 Å². The zero-order valence-corrected chi connectivity index (χ0v) is 13.9. The van der Waals surface area contributed by atoms with Gasteiger partial charge in [0.2, 0.25) is 0 Å². The standard InChI is InChI=1S/C15H24N2O3S/c1-5-17(11-15(2,3)10-16)14(18)12-7-6-8-13(9-12)21(4,19)20/h6-9H,5,10-11,16H2,1-4H3. The normalized spacial score (nSPS) is 12.2. The summed E-state index contributed by atoms with van der Waals surface area (Å²) >= 11 is 0. The van der Waals surface area contributed by atoms with Gasteiger partial charge >= 0.3 is 0 Å². The second-order valence-electron chi connectivity index (χ2n) is 5.99. The van der Waals surface area contributed by atoms with Crippen molar-refractivity contribution in [3.63, 3.8) is 0 Å². The molecule has 0 fully saturated rings. The number of nitrogens with two attached hydrogens (primary N) is 1. The van der Waals surface area contributed by atoms with Gasteiger partial charge in [0.05, 0.1) is 4.90 Å². The van der Waals surface area contributed by atoms with E-state index in [1.165, 1.54) is 12.1 Å². The van der Waals surface area contributed by atoms with Crippen LogP contribution < -0.4 is 5.73 Å². The Labute approximate surface area is 127 Å². The van der Waals surface area contributed by atoms with Gasteiger partial charge in [-0.05, 0) is 37.1 Å². The average Bonchev–Trinajstić information content (AvgIpc) is 2.43. The molecule has 1 aromatic rings. The first kappa shape index (κ1) is 17.7. The Hall–Kier alpha value is -1.40. The number of sulfone groups is 1. The van der Waals surface area contributed by atoms with Crippen molar-refractivity contribution in [3.8, 4) is 0 Å². The van der Waals surface area contributed by atoms with Crippen molar-refractivity contribution in [2.75, 3.05) is 25.9 Å². The molecule has 0 unspecified atom stereocenters. The van der Waals surface area contributed by atoms with E-state index in [1.807, 2.05) is 20.8 Å². The zero-order valence-electron chi connectivity index (χ0n) is 13.1. The van der Waals surface area contributed by atoms with Crippen LogP contribution in [-0.4, -0.2) is 45.1 Å². The fraction of sp³-hybridized carbons (Fsp3) is 0.533. The Morgan fingerprint density at radius 3 is 2.43 bits per heavy atom. The van der Waals surface area contributed by atoms with Gasteiger partial charge in [0.1, 0.15) is 0 Å². The Bertz CT molecular complexity index is 609. The van der Waals surface area contributed by atoms with Crippen LogP contribution in [0.1, 0.15) is 31.1 Å². The van der Waals surface area contributed by atoms with Gasteiger partial charge in [-0.3, -0.25) is 4.79 Å². The maximum atomic E-state index is 12.5. The highest BCUT2D eigenvalue weighted by molar-refractivity contribution is 7.90. The smallest absolute Gasteiger partial charge is 0.253 e. The number of nitrogens with zero attached hydrogens (tertiary/aromatic N) is 1. The van der Waals surface area contributed by atoms with Crippen LogP contribution in [0, 0.1) is 5.41 Å². The minimum absolute atomic E-state index is 0.155. The molecule has 1 rings (SSSR count). The molecule has 0 aromatic heterocycles. The van der Waals surface area contributed by atoms with E-state index in [2.05, 4.69) is 0 Å². The number of benzene rings is 1. The molecule has 0 heterocycles. The van der Waals surface area contributed by atoms with Crippen molar-refractivity contribution in [1.29, 1.82) is 0 Å². The molecule has 0 aliphatic heterocycles. The van der Waals surface area contributed by atoms with Crippen LogP contribution >= 0.6 is 0 Å². The molecule has 6 heteroatoms. The lowest BCUT2D eigenvalue weighted by Crippen LogP contribution is -2.42. The Kier molecular flexibility index (Phi) is 5.53. The van der Waals surface area contributed by atoms with Gasteiger partial charge in [0, 0.05) is 24.9 Å². The van der Waals surface area contributed by atoms with E-state index in [0.717, 1.165) is 6.26 Å². The SMILES string of the molecule is CCN(CC(C)(C)CN)C(=O)c1cccc(S(C)(=O)=O)c1. The molecule has 0 aliphatic carbocycles. The van der Waals surface area contributed by atoms with Crippen molar-refractivity contribution in [2.24, 2.45) is 11.1 Å². The lowest BCUT2D eigenvalue weighted by atomic mass is 9.93. The number of carbonyl (C=O) groups is 1. The number of carbonyl (C=O) groups excluding carboxylic acids is 1. The minimum atomic E-state index is -3.32. The maximum Gasteiger partial charge on any atom is 0.253 e. The van der Waals surface area contributed by atoms with Gasteiger partial charge in [-0.15, -0.1) is 0 Å². The summed E-state index contributed by atoms with van der Waals surface area (Å²) in [4.78, 5) is 14.4. The summed E-state index contributed by atoms with van der Waals surface area (Å²) in [7, 11) is -3.32. The minimum Gasteiger partial charge on any atom is -0.338 e. The fourth-order valence-corrected chi connectivity index (χ4v) is 2.62. The second-order valence-corrected chi connectivity index (χ2v) is 8.00. The summed E-state index contributed by atoms with van der Waals surface area (Å²) in [5.74, 6) is -0.176. The van der Waals surface area contributed by atoms with Crippen LogP contribution in [0.25, 0.3) is 0 Å². The molecule has 2 N–H and O–H groups in total. The number of hydrogen-bond acceptors (Lipinski definition) is 4. The Balaban J connectivity index is 3.06. The summed E-state index contributed by atoms with van der Waals surface area (Å²) in [6.07, 6.45) is 1.13. The highest BCUT2D eigenvalue weighted by Gasteiger charge is 2.24. The Morgan fingerprint density at radius 2 is 1.95 bits per heavy atom. The zero-order chi connectivity index (χ0) is 16.3. The fourth-order valence-electron chi connectivity index (χ4n) is 1.95. The summed E-state index contributed by atoms with van der Waals surface area (Å²) in [6.45, 7) is 7.43. The summed E-state index contributed by atoms with van der Waals surface area (Å²) in [5.41, 5.74) is 5.91. The second kappa shape index (κ2) is 6.58. The van der Waals surface area contributed by atoms with Gasteiger partial charge in [0.25, 0.3) is 5.91 Å². The molecule has 1 amide bonds. The number of hydrogen-bond donors (Lipinski definition) is 1. The summed E-state index contributed by atoms with van der Waals surface area (Å²) in [6, 6.07) is 6.14. The molecule has 0 spiro atoms. The van der Waals surface area contributed by atoms with Crippen molar-refractivity contribution in [2.45, 2.75) is 25.7 Å². The monoisotopic (exact) mass is 312 g/mol. The van der Waals surface area contributed by atoms with Crippen molar-refractivity contribution in [1.82, 2.24) is 4.90 Å². The maximum absolute atomic E-state index is 12.5. The predicted molar refractivity (Wildman–Crippen MR) is 84.0 cm³/mol. The number of rotatable bonds is 6. The van der Waals surface area contributed by atoms with Crippen molar-refractivity contribution in [3.05, 3.63) is 29.8 Å². The first-order chi connectivity index (χ1) is 9.60. The van der Waals surface area contributed by atoms with Crippen molar-refractivity contribution < 1.29 is 13.2 Å². The molecule has 0 atom stereocenters. The molecular formula is C15H24N2O3S. The lowest BCUT2D eigenvalue weighted by molar-refractivity contribution is 0.0700. The molecule has 1 aromatic carbocycles. The largest absolute Gasteiger partial charge is 0.338 e. The molecule has 0 bridgehead atoms. The molecule has 21 heavy (non-hydrogen) atoms. The van der Waals surface area contributed by atoms with Crippen LogP contribution in [-0.2, 0) is 9.84 Å². The molecule has 0 saturated heterocycles. The first-order valence-electron chi connectivity index (χ1n) is 6.90. The van der Waals surface area contributed by atoms with E-state index >= 15 is 0 Å². The third kappa shape index (κ3) is 4.82. The molecular weight excluding hydrogens is 288 g/mol. The van der Waals surface area contributed by atoms with E-state index < -0.39 is 9.84 Å². The van der Waals surface area contributed by atoms with E-state index in [9.17, 15) is 13.2 Å². The molecule has 5 nitrogen and oxygen atoms in total. The van der Waals surface area contributed by atoms with E-state index in [4.69, 9.17) is 5.73 Å². The van der Waals surface area contributed by atoms with Gasteiger partial charge < -0.3 is 10.6 Å². The van der Waals surface area contributed by atoms with Crippen LogP contribution in [0.2, 0.25) is 0 Å². The van der Waals surface area contributed by atoms with E-state index in [-0.39, 0.29) is 16.2 Å². The summed E-state index contributed by atoms with van der Waals surface area (Å²) < 4.78 is 23.2. The molecule has 0 aliphatic rings. The average molecular weight is 312 g/mol. The van der Waals surface area contributed by atoms with Crippen molar-refractivity contribution >= 4 is 15.7 Å². The van der Waals surface area contributed by atoms with E-state index in [1.54, 1.807) is 17.0 Å². The predicted octanol–water partition coefficient (Wildman–Crippen LogP) is 1.54. The van der Waals surface area contributed by atoms with Gasteiger partial charge in [0.15, 0.2) is 9.84 Å². The molecule has 0 saturated carbocycles. The number of amides is 1. The van der Waals surface area contributed by atoms with Gasteiger partial charge in [-0.2, -0.15) is 0 Å². The molecule has 118 valence electrons.